The third-order valence-electron chi connectivity index (χ3n) is 3.50. The van der Waals surface area contributed by atoms with Crippen molar-refractivity contribution in [2.45, 2.75) is 6.42 Å². The quantitative estimate of drug-likeness (QED) is 0.699. The summed E-state index contributed by atoms with van der Waals surface area (Å²) < 4.78 is 2.01. The molecular formula is C14H13N5. The molecule has 0 spiro atoms. The molecule has 94 valence electrons. The summed E-state index contributed by atoms with van der Waals surface area (Å²) in [5, 5.41) is 8.62. The highest BCUT2D eigenvalue weighted by atomic mass is 15.3. The minimum atomic E-state index is 0.834. The Hall–Kier alpha value is -2.43. The number of benzene rings is 1. The lowest BCUT2D eigenvalue weighted by molar-refractivity contribution is 0.610. The first-order valence-electron chi connectivity index (χ1n) is 6.43. The summed E-state index contributed by atoms with van der Waals surface area (Å²) in [6.07, 6.45) is 4.96. The maximum Gasteiger partial charge on any atom is 0.204 e. The summed E-state index contributed by atoms with van der Waals surface area (Å²) in [5.41, 5.74) is 1.90. The maximum atomic E-state index is 4.44. The standard InChI is InChI=1S/C14H13N5/c1-2-5-11(6-3-1)12-16-17-14-13(18-8-4-9-18)15-7-10-19(12)14/h1-3,5-7,10H,4,8-9H2. The summed E-state index contributed by atoms with van der Waals surface area (Å²) in [6.45, 7) is 2.11. The molecule has 1 aliphatic heterocycles. The van der Waals surface area contributed by atoms with Crippen LogP contribution in [0.2, 0.25) is 0 Å². The summed E-state index contributed by atoms with van der Waals surface area (Å²) in [4.78, 5) is 6.67. The lowest BCUT2D eigenvalue weighted by atomic mass is 10.2. The number of hydrogen-bond donors (Lipinski definition) is 0. The van der Waals surface area contributed by atoms with Gasteiger partial charge in [-0.2, -0.15) is 0 Å². The number of fused-ring (bicyclic) bond motifs is 1. The zero-order chi connectivity index (χ0) is 12.7. The van der Waals surface area contributed by atoms with Gasteiger partial charge in [0.15, 0.2) is 11.6 Å². The molecule has 0 bridgehead atoms. The van der Waals surface area contributed by atoms with Crippen molar-refractivity contribution in [2.75, 3.05) is 18.0 Å². The van der Waals surface area contributed by atoms with Crippen molar-refractivity contribution in [3.63, 3.8) is 0 Å². The van der Waals surface area contributed by atoms with Gasteiger partial charge in [0.25, 0.3) is 0 Å². The van der Waals surface area contributed by atoms with Gasteiger partial charge < -0.3 is 4.90 Å². The van der Waals surface area contributed by atoms with E-state index in [2.05, 4.69) is 20.1 Å². The molecule has 0 atom stereocenters. The number of rotatable bonds is 2. The molecule has 4 rings (SSSR count). The SMILES string of the molecule is c1ccc(-c2nnc3c(N4CCC4)nccn23)cc1. The highest BCUT2D eigenvalue weighted by Crippen LogP contribution is 2.25. The number of anilines is 1. The van der Waals surface area contributed by atoms with Crippen molar-refractivity contribution in [1.82, 2.24) is 19.6 Å². The fourth-order valence-corrected chi connectivity index (χ4v) is 2.35. The van der Waals surface area contributed by atoms with Crippen molar-refractivity contribution in [2.24, 2.45) is 0 Å². The average Bonchev–Trinajstić information content (AvgIpc) is 2.83. The zero-order valence-electron chi connectivity index (χ0n) is 10.4. The molecule has 1 saturated heterocycles. The summed E-state index contributed by atoms with van der Waals surface area (Å²) >= 11 is 0. The average molecular weight is 251 g/mol. The summed E-state index contributed by atoms with van der Waals surface area (Å²) in [7, 11) is 0. The molecule has 0 amide bonds. The molecule has 0 aliphatic carbocycles. The molecule has 0 N–H and O–H groups in total. The molecule has 5 heteroatoms. The Balaban J connectivity index is 1.90. The predicted molar refractivity (Wildman–Crippen MR) is 73.0 cm³/mol. The molecule has 2 aromatic heterocycles. The second-order valence-corrected chi connectivity index (χ2v) is 4.67. The first kappa shape index (κ1) is 10.5. The van der Waals surface area contributed by atoms with Crippen LogP contribution in [0.3, 0.4) is 0 Å². The van der Waals surface area contributed by atoms with E-state index in [0.717, 1.165) is 35.9 Å². The fourth-order valence-electron chi connectivity index (χ4n) is 2.35. The van der Waals surface area contributed by atoms with Gasteiger partial charge in [0, 0.05) is 31.0 Å². The van der Waals surface area contributed by atoms with Gasteiger partial charge in [0.05, 0.1) is 0 Å². The normalized spacial score (nSPS) is 14.6. The summed E-state index contributed by atoms with van der Waals surface area (Å²) in [6, 6.07) is 10.1. The predicted octanol–water partition coefficient (Wildman–Crippen LogP) is 2.00. The van der Waals surface area contributed by atoms with Crippen molar-refractivity contribution in [3.05, 3.63) is 42.7 Å². The van der Waals surface area contributed by atoms with Crippen LogP contribution in [0.5, 0.6) is 0 Å². The minimum Gasteiger partial charge on any atom is -0.353 e. The van der Waals surface area contributed by atoms with Gasteiger partial charge in [0.2, 0.25) is 5.65 Å². The van der Waals surface area contributed by atoms with Gasteiger partial charge in [0.1, 0.15) is 0 Å². The third-order valence-corrected chi connectivity index (χ3v) is 3.50. The molecular weight excluding hydrogens is 238 g/mol. The van der Waals surface area contributed by atoms with Gasteiger partial charge >= 0.3 is 0 Å². The first-order chi connectivity index (χ1) is 9.43. The van der Waals surface area contributed by atoms with Crippen LogP contribution in [0.25, 0.3) is 17.0 Å². The fraction of sp³-hybridized carbons (Fsp3) is 0.214. The van der Waals surface area contributed by atoms with E-state index in [9.17, 15) is 0 Å². The van der Waals surface area contributed by atoms with Crippen molar-refractivity contribution in [3.8, 4) is 11.4 Å². The summed E-state index contributed by atoms with van der Waals surface area (Å²) in [5.74, 6) is 1.79. The first-order valence-corrected chi connectivity index (χ1v) is 6.43. The minimum absolute atomic E-state index is 0.834. The highest BCUT2D eigenvalue weighted by molar-refractivity contribution is 5.69. The van der Waals surface area contributed by atoms with Gasteiger partial charge in [-0.25, -0.2) is 4.98 Å². The largest absolute Gasteiger partial charge is 0.353 e. The number of aromatic nitrogens is 4. The second-order valence-electron chi connectivity index (χ2n) is 4.67. The van der Waals surface area contributed by atoms with E-state index in [-0.39, 0.29) is 0 Å². The Kier molecular flexibility index (Phi) is 2.24. The third kappa shape index (κ3) is 1.58. The molecule has 0 unspecified atom stereocenters. The van der Waals surface area contributed by atoms with Crippen molar-refractivity contribution >= 4 is 11.5 Å². The molecule has 1 aromatic carbocycles. The lowest BCUT2D eigenvalue weighted by Crippen LogP contribution is -2.38. The monoisotopic (exact) mass is 251 g/mol. The van der Waals surface area contributed by atoms with Crippen molar-refractivity contribution < 1.29 is 0 Å². The molecule has 3 aromatic rings. The van der Waals surface area contributed by atoms with Crippen LogP contribution in [0.1, 0.15) is 6.42 Å². The Morgan fingerprint density at radius 1 is 1.00 bits per heavy atom. The van der Waals surface area contributed by atoms with Gasteiger partial charge in [-0.3, -0.25) is 4.40 Å². The van der Waals surface area contributed by atoms with Crippen LogP contribution in [0.4, 0.5) is 5.82 Å². The molecule has 1 aliphatic rings. The van der Waals surface area contributed by atoms with E-state index < -0.39 is 0 Å². The molecule has 3 heterocycles. The molecule has 1 fully saturated rings. The van der Waals surface area contributed by atoms with Crippen molar-refractivity contribution in [1.29, 1.82) is 0 Å². The van der Waals surface area contributed by atoms with Crippen LogP contribution in [0.15, 0.2) is 42.7 Å². The highest BCUT2D eigenvalue weighted by Gasteiger charge is 2.21. The van der Waals surface area contributed by atoms with E-state index in [1.54, 1.807) is 0 Å². The smallest absolute Gasteiger partial charge is 0.204 e. The zero-order valence-corrected chi connectivity index (χ0v) is 10.4. The van der Waals surface area contributed by atoms with Crippen LogP contribution < -0.4 is 4.90 Å². The molecule has 19 heavy (non-hydrogen) atoms. The van der Waals surface area contributed by atoms with E-state index in [0.29, 0.717) is 0 Å². The van der Waals surface area contributed by atoms with Crippen LogP contribution >= 0.6 is 0 Å². The Bertz CT molecular complexity index is 715. The van der Waals surface area contributed by atoms with Gasteiger partial charge in [-0.1, -0.05) is 30.3 Å². The van der Waals surface area contributed by atoms with E-state index in [1.807, 2.05) is 47.1 Å². The lowest BCUT2D eigenvalue weighted by Gasteiger charge is -2.31. The molecule has 0 radical (unpaired) electrons. The van der Waals surface area contributed by atoms with Crippen LogP contribution in [-0.2, 0) is 0 Å². The van der Waals surface area contributed by atoms with E-state index >= 15 is 0 Å². The molecule has 0 saturated carbocycles. The topological polar surface area (TPSA) is 46.3 Å². The maximum absolute atomic E-state index is 4.44. The Morgan fingerprint density at radius 2 is 1.84 bits per heavy atom. The van der Waals surface area contributed by atoms with E-state index in [1.165, 1.54) is 6.42 Å². The van der Waals surface area contributed by atoms with Crippen LogP contribution in [0, 0.1) is 0 Å². The Labute approximate surface area is 110 Å². The van der Waals surface area contributed by atoms with Crippen LogP contribution in [-0.4, -0.2) is 32.7 Å². The van der Waals surface area contributed by atoms with Gasteiger partial charge in [-0.15, -0.1) is 10.2 Å². The number of nitrogens with zero attached hydrogens (tertiary/aromatic N) is 5. The van der Waals surface area contributed by atoms with Gasteiger partial charge in [-0.05, 0) is 6.42 Å². The Morgan fingerprint density at radius 3 is 2.58 bits per heavy atom. The number of hydrogen-bond acceptors (Lipinski definition) is 4. The second kappa shape index (κ2) is 4.05. The van der Waals surface area contributed by atoms with E-state index in [4.69, 9.17) is 0 Å². The molecule has 5 nitrogen and oxygen atoms in total.